The van der Waals surface area contributed by atoms with Crippen LogP contribution >= 0.6 is 11.8 Å². The van der Waals surface area contributed by atoms with E-state index in [-0.39, 0.29) is 0 Å². The first-order valence-corrected chi connectivity index (χ1v) is 8.16. The highest BCUT2D eigenvalue weighted by molar-refractivity contribution is 7.98. The summed E-state index contributed by atoms with van der Waals surface area (Å²) in [6.07, 6.45) is 3.29. The molecule has 0 fully saturated rings. The smallest absolute Gasteiger partial charge is 0.161 e. The molecule has 1 aromatic carbocycles. The van der Waals surface area contributed by atoms with Crippen LogP contribution in [0.25, 0.3) is 0 Å². The minimum absolute atomic E-state index is 0.563. The van der Waals surface area contributed by atoms with E-state index >= 15 is 0 Å². The van der Waals surface area contributed by atoms with E-state index in [9.17, 15) is 0 Å². The quantitative estimate of drug-likeness (QED) is 0.753. The summed E-state index contributed by atoms with van der Waals surface area (Å²) < 4.78 is 10.9. The monoisotopic (exact) mass is 283 g/mol. The van der Waals surface area contributed by atoms with Gasteiger partial charge in [0.2, 0.25) is 0 Å². The van der Waals surface area contributed by atoms with Crippen LogP contribution in [0.1, 0.15) is 25.8 Å². The lowest BCUT2D eigenvalue weighted by molar-refractivity contribution is 0.310. The molecule has 1 unspecified atom stereocenters. The third-order valence-corrected chi connectivity index (χ3v) is 3.72. The summed E-state index contributed by atoms with van der Waals surface area (Å²) in [5.41, 5.74) is 1.23. The molecular formula is C15H25NO2S. The Bertz CT molecular complexity index is 371. The van der Waals surface area contributed by atoms with Crippen LogP contribution in [-0.2, 0) is 6.54 Å². The fourth-order valence-electron chi connectivity index (χ4n) is 1.88. The molecule has 0 aliphatic carbocycles. The number of benzene rings is 1. The second-order valence-corrected chi connectivity index (χ2v) is 5.27. The van der Waals surface area contributed by atoms with Gasteiger partial charge in [0, 0.05) is 18.3 Å². The molecule has 1 aromatic rings. The highest BCUT2D eigenvalue weighted by atomic mass is 32.2. The summed E-state index contributed by atoms with van der Waals surface area (Å²) in [4.78, 5) is 0. The summed E-state index contributed by atoms with van der Waals surface area (Å²) in [7, 11) is 1.67. The van der Waals surface area contributed by atoms with Gasteiger partial charge in [-0.2, -0.15) is 11.8 Å². The molecule has 0 aliphatic rings. The van der Waals surface area contributed by atoms with Gasteiger partial charge in [0.15, 0.2) is 11.5 Å². The minimum Gasteiger partial charge on any atom is -0.493 e. The first-order valence-electron chi connectivity index (χ1n) is 6.77. The Kier molecular flexibility index (Phi) is 7.75. The van der Waals surface area contributed by atoms with Crippen LogP contribution < -0.4 is 14.8 Å². The molecule has 0 spiro atoms. The van der Waals surface area contributed by atoms with E-state index < -0.39 is 0 Å². The van der Waals surface area contributed by atoms with Crippen molar-refractivity contribution < 1.29 is 9.47 Å². The van der Waals surface area contributed by atoms with Crippen LogP contribution in [-0.4, -0.2) is 31.8 Å². The third-order valence-electron chi connectivity index (χ3n) is 2.98. The van der Waals surface area contributed by atoms with Crippen molar-refractivity contribution in [3.05, 3.63) is 23.8 Å². The second-order valence-electron chi connectivity index (χ2n) is 4.36. The molecule has 0 aliphatic heterocycles. The molecule has 0 heterocycles. The predicted octanol–water partition coefficient (Wildman–Crippen LogP) is 3.33. The zero-order valence-corrected chi connectivity index (χ0v) is 13.2. The van der Waals surface area contributed by atoms with Crippen molar-refractivity contribution in [3.63, 3.8) is 0 Å². The van der Waals surface area contributed by atoms with Gasteiger partial charge in [0.25, 0.3) is 0 Å². The van der Waals surface area contributed by atoms with Crippen molar-refractivity contribution >= 4 is 11.8 Å². The number of hydrogen-bond donors (Lipinski definition) is 1. The van der Waals surface area contributed by atoms with Gasteiger partial charge < -0.3 is 14.8 Å². The maximum absolute atomic E-state index is 5.59. The van der Waals surface area contributed by atoms with E-state index in [2.05, 4.69) is 30.6 Å². The van der Waals surface area contributed by atoms with Crippen LogP contribution in [0.5, 0.6) is 11.5 Å². The van der Waals surface area contributed by atoms with Crippen molar-refractivity contribution in [1.29, 1.82) is 0 Å². The topological polar surface area (TPSA) is 30.5 Å². The Labute approximate surface area is 121 Å². The summed E-state index contributed by atoms with van der Waals surface area (Å²) in [5, 5.41) is 3.58. The van der Waals surface area contributed by atoms with Gasteiger partial charge in [-0.05, 0) is 37.3 Å². The van der Waals surface area contributed by atoms with Crippen molar-refractivity contribution in [3.8, 4) is 11.5 Å². The molecule has 19 heavy (non-hydrogen) atoms. The molecule has 1 N–H and O–H groups in total. The molecular weight excluding hydrogens is 258 g/mol. The number of methoxy groups -OCH3 is 1. The molecule has 108 valence electrons. The van der Waals surface area contributed by atoms with E-state index in [0.717, 1.165) is 30.2 Å². The first-order chi connectivity index (χ1) is 9.24. The molecule has 0 saturated carbocycles. The summed E-state index contributed by atoms with van der Waals surface area (Å²) in [6.45, 7) is 5.71. The number of hydrogen-bond acceptors (Lipinski definition) is 4. The molecule has 3 nitrogen and oxygen atoms in total. The van der Waals surface area contributed by atoms with Crippen LogP contribution in [0.2, 0.25) is 0 Å². The number of rotatable bonds is 9. The van der Waals surface area contributed by atoms with Crippen molar-refractivity contribution in [2.45, 2.75) is 32.9 Å². The largest absolute Gasteiger partial charge is 0.493 e. The van der Waals surface area contributed by atoms with Crippen molar-refractivity contribution in [2.75, 3.05) is 25.7 Å². The van der Waals surface area contributed by atoms with Crippen LogP contribution in [0, 0.1) is 0 Å². The minimum atomic E-state index is 0.563. The van der Waals surface area contributed by atoms with Crippen LogP contribution in [0.15, 0.2) is 18.2 Å². The zero-order chi connectivity index (χ0) is 14.1. The van der Waals surface area contributed by atoms with E-state index in [4.69, 9.17) is 9.47 Å². The molecule has 0 amide bonds. The molecule has 0 bridgehead atoms. The first kappa shape index (κ1) is 16.2. The number of thioether (sulfide) groups is 1. The average molecular weight is 283 g/mol. The standard InChI is InChI=1S/C15H25NO2S/c1-5-13(11-19-4)16-10-12-7-8-14(17-3)15(9-12)18-6-2/h7-9,13,16H,5-6,10-11H2,1-4H3. The van der Waals surface area contributed by atoms with Gasteiger partial charge in [-0.15, -0.1) is 0 Å². The highest BCUT2D eigenvalue weighted by Crippen LogP contribution is 2.28. The Morgan fingerprint density at radius 1 is 1.26 bits per heavy atom. The van der Waals surface area contributed by atoms with E-state index in [0.29, 0.717) is 12.6 Å². The van der Waals surface area contributed by atoms with Crippen LogP contribution in [0.4, 0.5) is 0 Å². The van der Waals surface area contributed by atoms with E-state index in [1.807, 2.05) is 24.8 Å². The fraction of sp³-hybridized carbons (Fsp3) is 0.600. The van der Waals surface area contributed by atoms with Gasteiger partial charge in [-0.25, -0.2) is 0 Å². The lowest BCUT2D eigenvalue weighted by atomic mass is 10.1. The second kappa shape index (κ2) is 9.10. The molecule has 0 saturated heterocycles. The maximum atomic E-state index is 5.59. The SMILES string of the molecule is CCOc1cc(CNC(CC)CSC)ccc1OC. The summed E-state index contributed by atoms with van der Waals surface area (Å²) in [5.74, 6) is 2.76. The molecule has 1 atom stereocenters. The van der Waals surface area contributed by atoms with E-state index in [1.165, 1.54) is 5.56 Å². The van der Waals surface area contributed by atoms with Gasteiger partial charge >= 0.3 is 0 Å². The Morgan fingerprint density at radius 3 is 2.63 bits per heavy atom. The van der Waals surface area contributed by atoms with Gasteiger partial charge in [-0.3, -0.25) is 0 Å². The average Bonchev–Trinajstić information content (AvgIpc) is 2.44. The predicted molar refractivity (Wildman–Crippen MR) is 83.5 cm³/mol. The van der Waals surface area contributed by atoms with Gasteiger partial charge in [0.05, 0.1) is 13.7 Å². The Hall–Kier alpha value is -0.870. The van der Waals surface area contributed by atoms with Gasteiger partial charge in [0.1, 0.15) is 0 Å². The van der Waals surface area contributed by atoms with Crippen LogP contribution in [0.3, 0.4) is 0 Å². The molecule has 4 heteroatoms. The summed E-state index contributed by atoms with van der Waals surface area (Å²) >= 11 is 1.88. The van der Waals surface area contributed by atoms with E-state index in [1.54, 1.807) is 7.11 Å². The molecule has 0 aromatic heterocycles. The lowest BCUT2D eigenvalue weighted by Crippen LogP contribution is -2.30. The third kappa shape index (κ3) is 5.33. The van der Waals surface area contributed by atoms with Crippen molar-refractivity contribution in [1.82, 2.24) is 5.32 Å². The van der Waals surface area contributed by atoms with Crippen molar-refractivity contribution in [2.24, 2.45) is 0 Å². The lowest BCUT2D eigenvalue weighted by Gasteiger charge is -2.16. The maximum Gasteiger partial charge on any atom is 0.161 e. The Morgan fingerprint density at radius 2 is 2.05 bits per heavy atom. The Balaban J connectivity index is 2.65. The normalized spacial score (nSPS) is 12.2. The molecule has 1 rings (SSSR count). The zero-order valence-electron chi connectivity index (χ0n) is 12.4. The fourth-order valence-corrected chi connectivity index (χ4v) is 2.64. The highest BCUT2D eigenvalue weighted by Gasteiger charge is 2.08. The number of ether oxygens (including phenoxy) is 2. The summed E-state index contributed by atoms with van der Waals surface area (Å²) in [6, 6.07) is 6.67. The van der Waals surface area contributed by atoms with Gasteiger partial charge in [-0.1, -0.05) is 13.0 Å². The number of nitrogens with one attached hydrogen (secondary N) is 1. The molecule has 0 radical (unpaired) electrons.